The molecular weight excluding hydrogens is 423 g/mol. The van der Waals surface area contributed by atoms with E-state index in [2.05, 4.69) is 20.9 Å². The van der Waals surface area contributed by atoms with Crippen LogP contribution >= 0.6 is 24.0 Å². The van der Waals surface area contributed by atoms with Crippen molar-refractivity contribution in [2.24, 2.45) is 4.99 Å². The zero-order chi connectivity index (χ0) is 16.5. The van der Waals surface area contributed by atoms with Crippen molar-refractivity contribution in [3.63, 3.8) is 0 Å². The third kappa shape index (κ3) is 6.81. The molecule has 134 valence electrons. The monoisotopic (exact) mass is 448 g/mol. The number of ether oxygens (including phenoxy) is 2. The smallest absolute Gasteiger partial charge is 0.231 e. The average Bonchev–Trinajstić information content (AvgIpc) is 2.99. The molecule has 24 heavy (non-hydrogen) atoms. The molecule has 0 fully saturated rings. The summed E-state index contributed by atoms with van der Waals surface area (Å²) in [4.78, 5) is 15.3. The van der Waals surface area contributed by atoms with Gasteiger partial charge in [-0.2, -0.15) is 0 Å². The molecule has 1 aromatic rings. The highest BCUT2D eigenvalue weighted by Gasteiger charge is 2.12. The number of carbonyl (C=O) groups is 1. The standard InChI is InChI=1S/C16H24N4O3.HI/c1-3-17-16(20-9-8-18-12(2)21)19-7-6-13-4-5-14-15(10-13)23-11-22-14;/h4-5,10H,3,6-9,11H2,1-2H3,(H,18,21)(H2,17,19,20);1H. The van der Waals surface area contributed by atoms with Crippen LogP contribution in [0.15, 0.2) is 23.2 Å². The van der Waals surface area contributed by atoms with Gasteiger partial charge < -0.3 is 25.4 Å². The number of nitrogens with zero attached hydrogens (tertiary/aromatic N) is 1. The topological polar surface area (TPSA) is 84.0 Å². The Bertz CT molecular complexity index is 566. The third-order valence-corrected chi connectivity index (χ3v) is 3.24. The van der Waals surface area contributed by atoms with E-state index in [1.54, 1.807) is 0 Å². The molecule has 1 aliphatic rings. The highest BCUT2D eigenvalue weighted by Crippen LogP contribution is 2.32. The number of carbonyl (C=O) groups excluding carboxylic acids is 1. The second-order valence-electron chi connectivity index (χ2n) is 5.11. The van der Waals surface area contributed by atoms with Crippen molar-refractivity contribution in [3.8, 4) is 11.5 Å². The molecule has 0 aromatic heterocycles. The number of fused-ring (bicyclic) bond motifs is 1. The summed E-state index contributed by atoms with van der Waals surface area (Å²) in [5.74, 6) is 2.31. The predicted molar refractivity (Wildman–Crippen MR) is 104 cm³/mol. The molecule has 1 heterocycles. The normalized spacial score (nSPS) is 12.3. The van der Waals surface area contributed by atoms with Gasteiger partial charge in [0.05, 0.1) is 0 Å². The van der Waals surface area contributed by atoms with Gasteiger partial charge in [-0.3, -0.25) is 9.79 Å². The molecular formula is C16H25IN4O3. The van der Waals surface area contributed by atoms with Crippen LogP contribution in [0.25, 0.3) is 0 Å². The summed E-state index contributed by atoms with van der Waals surface area (Å²) in [5, 5.41) is 9.10. The van der Waals surface area contributed by atoms with Crippen LogP contribution in [-0.2, 0) is 11.2 Å². The van der Waals surface area contributed by atoms with Crippen molar-refractivity contribution in [1.29, 1.82) is 0 Å². The van der Waals surface area contributed by atoms with Crippen LogP contribution in [0.4, 0.5) is 0 Å². The maximum Gasteiger partial charge on any atom is 0.231 e. The summed E-state index contributed by atoms with van der Waals surface area (Å²) >= 11 is 0. The van der Waals surface area contributed by atoms with Gasteiger partial charge in [-0.05, 0) is 31.0 Å². The maximum absolute atomic E-state index is 10.8. The van der Waals surface area contributed by atoms with Crippen molar-refractivity contribution in [2.75, 3.05) is 33.0 Å². The lowest BCUT2D eigenvalue weighted by atomic mass is 10.1. The molecule has 2 rings (SSSR count). The van der Waals surface area contributed by atoms with Crippen LogP contribution in [0.5, 0.6) is 11.5 Å². The Hall–Kier alpha value is -1.71. The quantitative estimate of drug-likeness (QED) is 0.253. The van der Waals surface area contributed by atoms with Crippen molar-refractivity contribution in [2.45, 2.75) is 20.3 Å². The highest BCUT2D eigenvalue weighted by molar-refractivity contribution is 14.0. The van der Waals surface area contributed by atoms with Gasteiger partial charge in [0.25, 0.3) is 0 Å². The fourth-order valence-corrected chi connectivity index (χ4v) is 2.15. The second-order valence-corrected chi connectivity index (χ2v) is 5.11. The Balaban J connectivity index is 0.00000288. The van der Waals surface area contributed by atoms with Crippen LogP contribution in [0.3, 0.4) is 0 Å². The van der Waals surface area contributed by atoms with Crippen LogP contribution in [0.1, 0.15) is 19.4 Å². The van der Waals surface area contributed by atoms with Gasteiger partial charge in [0.2, 0.25) is 12.7 Å². The second kappa shape index (κ2) is 11.0. The zero-order valence-corrected chi connectivity index (χ0v) is 16.4. The van der Waals surface area contributed by atoms with Crippen molar-refractivity contribution < 1.29 is 14.3 Å². The molecule has 8 heteroatoms. The lowest BCUT2D eigenvalue weighted by Crippen LogP contribution is -2.41. The number of rotatable bonds is 7. The molecule has 1 aliphatic heterocycles. The number of hydrogen-bond donors (Lipinski definition) is 3. The Morgan fingerprint density at radius 3 is 2.67 bits per heavy atom. The molecule has 0 radical (unpaired) electrons. The summed E-state index contributed by atoms with van der Waals surface area (Å²) in [6.45, 7) is 6.47. The molecule has 0 unspecified atom stereocenters. The van der Waals surface area contributed by atoms with E-state index in [1.165, 1.54) is 6.92 Å². The number of nitrogens with one attached hydrogen (secondary N) is 3. The van der Waals surface area contributed by atoms with E-state index in [0.29, 0.717) is 26.4 Å². The van der Waals surface area contributed by atoms with E-state index in [4.69, 9.17) is 9.47 Å². The number of guanidine groups is 1. The Morgan fingerprint density at radius 2 is 1.92 bits per heavy atom. The summed E-state index contributed by atoms with van der Waals surface area (Å²) in [7, 11) is 0. The van der Waals surface area contributed by atoms with Gasteiger partial charge in [0.1, 0.15) is 0 Å². The van der Waals surface area contributed by atoms with E-state index >= 15 is 0 Å². The first kappa shape index (κ1) is 20.3. The zero-order valence-electron chi connectivity index (χ0n) is 14.1. The largest absolute Gasteiger partial charge is 0.454 e. The first-order valence-corrected chi connectivity index (χ1v) is 7.84. The number of amides is 1. The average molecular weight is 448 g/mol. The van der Waals surface area contributed by atoms with Gasteiger partial charge in [-0.1, -0.05) is 6.07 Å². The fourth-order valence-electron chi connectivity index (χ4n) is 2.15. The minimum atomic E-state index is -0.0310. The number of benzene rings is 1. The Morgan fingerprint density at radius 1 is 1.17 bits per heavy atom. The number of halogens is 1. The third-order valence-electron chi connectivity index (χ3n) is 3.24. The maximum atomic E-state index is 10.8. The summed E-state index contributed by atoms with van der Waals surface area (Å²) in [6, 6.07) is 5.95. The van der Waals surface area contributed by atoms with Crippen LogP contribution < -0.4 is 25.4 Å². The number of aliphatic imine (C=N–C) groups is 1. The van der Waals surface area contributed by atoms with Crippen molar-refractivity contribution in [3.05, 3.63) is 23.8 Å². The minimum Gasteiger partial charge on any atom is -0.454 e. The Kier molecular flexibility index (Phi) is 9.28. The van der Waals surface area contributed by atoms with Crippen molar-refractivity contribution in [1.82, 2.24) is 16.0 Å². The fraction of sp³-hybridized carbons (Fsp3) is 0.500. The van der Waals surface area contributed by atoms with Crippen molar-refractivity contribution >= 4 is 35.8 Å². The molecule has 7 nitrogen and oxygen atoms in total. The molecule has 0 saturated carbocycles. The van der Waals surface area contributed by atoms with Crippen LogP contribution in [0.2, 0.25) is 0 Å². The van der Waals surface area contributed by atoms with Gasteiger partial charge in [-0.25, -0.2) is 0 Å². The molecule has 3 N–H and O–H groups in total. The van der Waals surface area contributed by atoms with E-state index < -0.39 is 0 Å². The predicted octanol–water partition coefficient (Wildman–Crippen LogP) is 1.27. The van der Waals surface area contributed by atoms with E-state index in [0.717, 1.165) is 36.0 Å². The van der Waals surface area contributed by atoms with E-state index in [-0.39, 0.29) is 29.9 Å². The number of hydrogen-bond acceptors (Lipinski definition) is 4. The molecule has 0 bridgehead atoms. The minimum absolute atomic E-state index is 0. The summed E-state index contributed by atoms with van der Waals surface area (Å²) in [6.07, 6.45) is 0.818. The summed E-state index contributed by atoms with van der Waals surface area (Å²) < 4.78 is 10.7. The van der Waals surface area contributed by atoms with Gasteiger partial charge >= 0.3 is 0 Å². The molecule has 1 aromatic carbocycles. The van der Waals surface area contributed by atoms with Gasteiger partial charge in [-0.15, -0.1) is 24.0 Å². The lowest BCUT2D eigenvalue weighted by molar-refractivity contribution is -0.118. The van der Waals surface area contributed by atoms with Crippen LogP contribution in [0, 0.1) is 0 Å². The molecule has 0 aliphatic carbocycles. The van der Waals surface area contributed by atoms with Gasteiger partial charge in [0.15, 0.2) is 17.5 Å². The van der Waals surface area contributed by atoms with Crippen LogP contribution in [-0.4, -0.2) is 44.8 Å². The van der Waals surface area contributed by atoms with E-state index in [9.17, 15) is 4.79 Å². The summed E-state index contributed by atoms with van der Waals surface area (Å²) in [5.41, 5.74) is 1.16. The molecule has 0 atom stereocenters. The first-order chi connectivity index (χ1) is 11.2. The lowest BCUT2D eigenvalue weighted by Gasteiger charge is -2.11. The van der Waals surface area contributed by atoms with Gasteiger partial charge in [0, 0.05) is 33.1 Å². The SMILES string of the molecule is CCNC(=NCCc1ccc2c(c1)OCO2)NCCNC(C)=O.I. The van der Waals surface area contributed by atoms with E-state index in [1.807, 2.05) is 25.1 Å². The molecule has 0 spiro atoms. The molecule has 1 amide bonds. The first-order valence-electron chi connectivity index (χ1n) is 7.84. The highest BCUT2D eigenvalue weighted by atomic mass is 127. The Labute approximate surface area is 159 Å². The molecule has 0 saturated heterocycles.